The SMILES string of the molecule is O=c1[nH]c(=O)n(-c2ccc(C3CCNCC3)c(=O)[nH]2)cc1F. The predicted molar refractivity (Wildman–Crippen MR) is 78.1 cm³/mol. The lowest BCUT2D eigenvalue weighted by molar-refractivity contribution is 0.457. The Morgan fingerprint density at radius 2 is 1.77 bits per heavy atom. The molecule has 2 aromatic rings. The molecule has 1 saturated heterocycles. The number of H-pyrrole nitrogens is 2. The molecule has 0 aliphatic carbocycles. The molecule has 1 fully saturated rings. The van der Waals surface area contributed by atoms with Crippen molar-refractivity contribution in [2.75, 3.05) is 13.1 Å². The molecule has 0 saturated carbocycles. The zero-order chi connectivity index (χ0) is 15.7. The van der Waals surface area contributed by atoms with E-state index < -0.39 is 17.1 Å². The lowest BCUT2D eigenvalue weighted by Crippen LogP contribution is -2.33. The number of aromatic nitrogens is 3. The van der Waals surface area contributed by atoms with Gasteiger partial charge in [-0.25, -0.2) is 4.79 Å². The molecule has 7 nitrogen and oxygen atoms in total. The number of hydrogen-bond acceptors (Lipinski definition) is 4. The first-order valence-corrected chi connectivity index (χ1v) is 7.02. The van der Waals surface area contributed by atoms with E-state index in [1.807, 2.05) is 4.98 Å². The van der Waals surface area contributed by atoms with Crippen LogP contribution in [-0.4, -0.2) is 27.6 Å². The Hall–Kier alpha value is -2.48. The summed E-state index contributed by atoms with van der Waals surface area (Å²) in [4.78, 5) is 39.4. The van der Waals surface area contributed by atoms with Crippen LogP contribution >= 0.6 is 0 Å². The molecular formula is C14H15FN4O3. The molecule has 0 amide bonds. The first kappa shape index (κ1) is 14.5. The summed E-state index contributed by atoms with van der Waals surface area (Å²) in [5.41, 5.74) is -1.54. The molecule has 2 aromatic heterocycles. The van der Waals surface area contributed by atoms with Crippen molar-refractivity contribution < 1.29 is 4.39 Å². The fourth-order valence-corrected chi connectivity index (χ4v) is 2.70. The van der Waals surface area contributed by atoms with E-state index in [0.717, 1.165) is 36.7 Å². The second-order valence-electron chi connectivity index (χ2n) is 5.26. The van der Waals surface area contributed by atoms with E-state index in [9.17, 15) is 18.8 Å². The number of pyridine rings is 1. The van der Waals surface area contributed by atoms with Crippen molar-refractivity contribution in [1.82, 2.24) is 19.9 Å². The van der Waals surface area contributed by atoms with Crippen LogP contribution in [0.2, 0.25) is 0 Å². The Balaban J connectivity index is 2.02. The Morgan fingerprint density at radius 1 is 1.05 bits per heavy atom. The van der Waals surface area contributed by atoms with E-state index in [0.29, 0.717) is 5.56 Å². The van der Waals surface area contributed by atoms with Gasteiger partial charge in [0.1, 0.15) is 5.82 Å². The lowest BCUT2D eigenvalue weighted by atomic mass is 9.91. The van der Waals surface area contributed by atoms with Gasteiger partial charge in [0.2, 0.25) is 5.82 Å². The van der Waals surface area contributed by atoms with Gasteiger partial charge in [-0.05, 0) is 44.0 Å². The van der Waals surface area contributed by atoms with Gasteiger partial charge in [-0.3, -0.25) is 19.1 Å². The smallest absolute Gasteiger partial charge is 0.317 e. The molecule has 3 heterocycles. The average molecular weight is 306 g/mol. The summed E-state index contributed by atoms with van der Waals surface area (Å²) in [5, 5.41) is 3.23. The molecule has 1 aliphatic rings. The molecule has 0 spiro atoms. The van der Waals surface area contributed by atoms with Crippen molar-refractivity contribution in [2.24, 2.45) is 0 Å². The predicted octanol–water partition coefficient (Wildman–Crippen LogP) is -0.180. The minimum atomic E-state index is -1.09. The molecular weight excluding hydrogens is 291 g/mol. The number of nitrogens with zero attached hydrogens (tertiary/aromatic N) is 1. The Bertz CT molecular complexity index is 861. The van der Waals surface area contributed by atoms with E-state index in [4.69, 9.17) is 0 Å². The third-order valence-electron chi connectivity index (χ3n) is 3.86. The highest BCUT2D eigenvalue weighted by molar-refractivity contribution is 5.27. The fraction of sp³-hybridized carbons (Fsp3) is 0.357. The third kappa shape index (κ3) is 2.64. The molecule has 0 bridgehead atoms. The zero-order valence-corrected chi connectivity index (χ0v) is 11.7. The summed E-state index contributed by atoms with van der Waals surface area (Å²) in [6.45, 7) is 1.72. The van der Waals surface area contributed by atoms with Crippen molar-refractivity contribution in [3.8, 4) is 5.82 Å². The summed E-state index contributed by atoms with van der Waals surface area (Å²) in [6.07, 6.45) is 2.50. The Kier molecular flexibility index (Phi) is 3.76. The standard InChI is InChI=1S/C14H15FN4O3/c15-10-7-19(14(22)18-13(10)21)11-2-1-9(12(20)17-11)8-3-5-16-6-4-8/h1-2,7-8,16H,3-6H2,(H,17,20)(H,18,21,22). The van der Waals surface area contributed by atoms with Gasteiger partial charge in [0.25, 0.3) is 11.1 Å². The van der Waals surface area contributed by atoms with E-state index >= 15 is 0 Å². The number of aromatic amines is 2. The van der Waals surface area contributed by atoms with Crippen molar-refractivity contribution in [2.45, 2.75) is 18.8 Å². The zero-order valence-electron chi connectivity index (χ0n) is 11.7. The molecule has 0 unspecified atom stereocenters. The number of piperidine rings is 1. The van der Waals surface area contributed by atoms with E-state index in [-0.39, 0.29) is 17.3 Å². The van der Waals surface area contributed by atoms with E-state index in [2.05, 4.69) is 10.3 Å². The summed E-state index contributed by atoms with van der Waals surface area (Å²) >= 11 is 0. The van der Waals surface area contributed by atoms with Crippen molar-refractivity contribution in [1.29, 1.82) is 0 Å². The molecule has 22 heavy (non-hydrogen) atoms. The van der Waals surface area contributed by atoms with E-state index in [1.165, 1.54) is 6.07 Å². The highest BCUT2D eigenvalue weighted by atomic mass is 19.1. The molecule has 0 radical (unpaired) electrons. The normalized spacial score (nSPS) is 15.9. The Labute approximate surface area is 123 Å². The molecule has 1 aliphatic heterocycles. The molecule has 0 aromatic carbocycles. The molecule has 3 rings (SSSR count). The van der Waals surface area contributed by atoms with Crippen LogP contribution in [0, 0.1) is 5.82 Å². The minimum Gasteiger partial charge on any atom is -0.317 e. The van der Waals surface area contributed by atoms with Crippen LogP contribution in [0.3, 0.4) is 0 Å². The van der Waals surface area contributed by atoms with Gasteiger partial charge in [0.15, 0.2) is 0 Å². The van der Waals surface area contributed by atoms with Crippen molar-refractivity contribution in [3.63, 3.8) is 0 Å². The molecule has 8 heteroatoms. The number of rotatable bonds is 2. The van der Waals surface area contributed by atoms with Crippen LogP contribution in [0.1, 0.15) is 24.3 Å². The van der Waals surface area contributed by atoms with Gasteiger partial charge in [0, 0.05) is 5.56 Å². The van der Waals surface area contributed by atoms with E-state index in [1.54, 1.807) is 6.07 Å². The van der Waals surface area contributed by atoms with Crippen molar-refractivity contribution in [3.05, 3.63) is 60.9 Å². The summed E-state index contributed by atoms with van der Waals surface area (Å²) in [7, 11) is 0. The lowest BCUT2D eigenvalue weighted by Gasteiger charge is -2.22. The second kappa shape index (κ2) is 5.72. The van der Waals surface area contributed by atoms with Crippen LogP contribution in [0.4, 0.5) is 4.39 Å². The van der Waals surface area contributed by atoms with Gasteiger partial charge in [-0.2, -0.15) is 4.39 Å². The summed E-state index contributed by atoms with van der Waals surface area (Å²) in [6, 6.07) is 3.19. The van der Waals surface area contributed by atoms with Gasteiger partial charge < -0.3 is 10.3 Å². The van der Waals surface area contributed by atoms with Crippen LogP contribution in [0.15, 0.2) is 32.7 Å². The maximum Gasteiger partial charge on any atom is 0.334 e. The first-order valence-electron chi connectivity index (χ1n) is 7.02. The maximum atomic E-state index is 13.3. The molecule has 116 valence electrons. The maximum absolute atomic E-state index is 13.3. The number of hydrogen-bond donors (Lipinski definition) is 3. The van der Waals surface area contributed by atoms with Crippen molar-refractivity contribution >= 4 is 0 Å². The largest absolute Gasteiger partial charge is 0.334 e. The fourth-order valence-electron chi connectivity index (χ4n) is 2.70. The van der Waals surface area contributed by atoms with Crippen LogP contribution in [0.5, 0.6) is 0 Å². The van der Waals surface area contributed by atoms with Gasteiger partial charge in [-0.1, -0.05) is 0 Å². The van der Waals surface area contributed by atoms with Crippen LogP contribution in [0.25, 0.3) is 5.82 Å². The third-order valence-corrected chi connectivity index (χ3v) is 3.86. The highest BCUT2D eigenvalue weighted by Crippen LogP contribution is 2.22. The number of nitrogens with one attached hydrogen (secondary N) is 3. The average Bonchev–Trinajstić information content (AvgIpc) is 2.51. The summed E-state index contributed by atoms with van der Waals surface area (Å²) in [5.74, 6) is -0.811. The van der Waals surface area contributed by atoms with Crippen LogP contribution < -0.4 is 22.1 Å². The summed E-state index contributed by atoms with van der Waals surface area (Å²) < 4.78 is 14.2. The minimum absolute atomic E-state index is 0.114. The Morgan fingerprint density at radius 3 is 2.45 bits per heavy atom. The quantitative estimate of drug-likeness (QED) is 0.716. The molecule has 3 N–H and O–H groups in total. The van der Waals surface area contributed by atoms with Gasteiger partial charge >= 0.3 is 5.69 Å². The number of halogens is 1. The first-order chi connectivity index (χ1) is 10.6. The topological polar surface area (TPSA) is 99.8 Å². The highest BCUT2D eigenvalue weighted by Gasteiger charge is 2.18. The molecule has 0 atom stereocenters. The monoisotopic (exact) mass is 306 g/mol. The van der Waals surface area contributed by atoms with Gasteiger partial charge in [-0.15, -0.1) is 0 Å². The second-order valence-corrected chi connectivity index (χ2v) is 5.26. The van der Waals surface area contributed by atoms with Gasteiger partial charge in [0.05, 0.1) is 6.20 Å². The van der Waals surface area contributed by atoms with Crippen LogP contribution in [-0.2, 0) is 0 Å².